The van der Waals surface area contributed by atoms with Gasteiger partial charge in [-0.25, -0.2) is 5.43 Å². The maximum absolute atomic E-state index is 11.8. The SMILES string of the molecule is Cc1ccc(SCCC(=O)N/N=C/c2ccc(N(C)C)cc2)cc1. The number of rotatable bonds is 7. The highest BCUT2D eigenvalue weighted by atomic mass is 32.2. The van der Waals surface area contributed by atoms with Crippen molar-refractivity contribution < 1.29 is 4.79 Å². The number of benzene rings is 2. The van der Waals surface area contributed by atoms with Gasteiger partial charge in [-0.1, -0.05) is 29.8 Å². The Morgan fingerprint density at radius 3 is 2.42 bits per heavy atom. The van der Waals surface area contributed by atoms with Crippen LogP contribution < -0.4 is 10.3 Å². The molecular formula is C19H23N3OS. The summed E-state index contributed by atoms with van der Waals surface area (Å²) in [5, 5.41) is 4.01. The highest BCUT2D eigenvalue weighted by Gasteiger charge is 2.01. The minimum Gasteiger partial charge on any atom is -0.378 e. The van der Waals surface area contributed by atoms with E-state index >= 15 is 0 Å². The lowest BCUT2D eigenvalue weighted by molar-refractivity contribution is -0.120. The van der Waals surface area contributed by atoms with Crippen LogP contribution in [0.1, 0.15) is 17.5 Å². The van der Waals surface area contributed by atoms with Gasteiger partial charge in [0.1, 0.15) is 0 Å². The van der Waals surface area contributed by atoms with Crippen LogP contribution in [0, 0.1) is 6.92 Å². The van der Waals surface area contributed by atoms with Crippen molar-refractivity contribution in [3.63, 3.8) is 0 Å². The Kier molecular flexibility index (Phi) is 6.88. The molecule has 2 rings (SSSR count). The Balaban J connectivity index is 1.71. The molecule has 0 bridgehead atoms. The molecule has 5 heteroatoms. The summed E-state index contributed by atoms with van der Waals surface area (Å²) in [6, 6.07) is 16.3. The van der Waals surface area contributed by atoms with Crippen LogP contribution in [0.5, 0.6) is 0 Å². The molecule has 0 spiro atoms. The average Bonchev–Trinajstić information content (AvgIpc) is 2.57. The lowest BCUT2D eigenvalue weighted by Crippen LogP contribution is -2.17. The smallest absolute Gasteiger partial charge is 0.240 e. The lowest BCUT2D eigenvalue weighted by atomic mass is 10.2. The molecule has 4 nitrogen and oxygen atoms in total. The van der Waals surface area contributed by atoms with Gasteiger partial charge in [-0.3, -0.25) is 4.79 Å². The van der Waals surface area contributed by atoms with Crippen LogP contribution in [0.25, 0.3) is 0 Å². The first-order valence-corrected chi connectivity index (χ1v) is 8.82. The Morgan fingerprint density at radius 2 is 1.79 bits per heavy atom. The van der Waals surface area contributed by atoms with Gasteiger partial charge in [-0.05, 0) is 36.8 Å². The van der Waals surface area contributed by atoms with Crippen molar-refractivity contribution in [2.24, 2.45) is 5.10 Å². The number of hydrazone groups is 1. The van der Waals surface area contributed by atoms with Gasteiger partial charge in [0.2, 0.25) is 5.91 Å². The Bertz CT molecular complexity index is 679. The maximum atomic E-state index is 11.8. The second kappa shape index (κ2) is 9.13. The lowest BCUT2D eigenvalue weighted by Gasteiger charge is -2.11. The predicted molar refractivity (Wildman–Crippen MR) is 103 cm³/mol. The molecule has 0 saturated heterocycles. The molecule has 0 saturated carbocycles. The largest absolute Gasteiger partial charge is 0.378 e. The van der Waals surface area contributed by atoms with Gasteiger partial charge in [-0.15, -0.1) is 11.8 Å². The van der Waals surface area contributed by atoms with Gasteiger partial charge in [0.15, 0.2) is 0 Å². The molecule has 24 heavy (non-hydrogen) atoms. The van der Waals surface area contributed by atoms with E-state index in [1.54, 1.807) is 18.0 Å². The van der Waals surface area contributed by atoms with Crippen LogP contribution >= 0.6 is 11.8 Å². The van der Waals surface area contributed by atoms with E-state index in [-0.39, 0.29) is 5.91 Å². The van der Waals surface area contributed by atoms with Gasteiger partial charge in [0.05, 0.1) is 6.21 Å². The highest BCUT2D eigenvalue weighted by Crippen LogP contribution is 2.18. The standard InChI is InChI=1S/C19H23N3OS/c1-15-4-10-18(11-5-15)24-13-12-19(23)21-20-14-16-6-8-17(9-7-16)22(2)3/h4-11,14H,12-13H2,1-3H3,(H,21,23)/b20-14+. The van der Waals surface area contributed by atoms with Gasteiger partial charge in [-0.2, -0.15) is 5.10 Å². The molecule has 0 fully saturated rings. The number of hydrogen-bond acceptors (Lipinski definition) is 4. The summed E-state index contributed by atoms with van der Waals surface area (Å²) in [7, 11) is 4.00. The van der Waals surface area contributed by atoms with Crippen LogP contribution in [0.15, 0.2) is 58.5 Å². The molecule has 0 atom stereocenters. The Hall–Kier alpha value is -2.27. The molecule has 2 aromatic rings. The van der Waals surface area contributed by atoms with E-state index in [1.807, 2.05) is 43.3 Å². The van der Waals surface area contributed by atoms with E-state index in [0.29, 0.717) is 6.42 Å². The van der Waals surface area contributed by atoms with E-state index in [0.717, 1.165) is 17.0 Å². The molecule has 0 aliphatic rings. The number of nitrogens with one attached hydrogen (secondary N) is 1. The fourth-order valence-electron chi connectivity index (χ4n) is 1.99. The summed E-state index contributed by atoms with van der Waals surface area (Å²) in [4.78, 5) is 15.0. The molecule has 0 unspecified atom stereocenters. The zero-order valence-corrected chi connectivity index (χ0v) is 15.1. The van der Waals surface area contributed by atoms with Crippen molar-refractivity contribution in [3.05, 3.63) is 59.7 Å². The third kappa shape index (κ3) is 6.08. The number of hydrogen-bond donors (Lipinski definition) is 1. The molecular weight excluding hydrogens is 318 g/mol. The van der Waals surface area contributed by atoms with E-state index in [1.165, 1.54) is 10.5 Å². The van der Waals surface area contributed by atoms with Gasteiger partial charge < -0.3 is 4.90 Å². The number of amides is 1. The topological polar surface area (TPSA) is 44.7 Å². The number of nitrogens with zero attached hydrogens (tertiary/aromatic N) is 2. The molecule has 0 radical (unpaired) electrons. The number of carbonyl (C=O) groups excluding carboxylic acids is 1. The fourth-order valence-corrected chi connectivity index (χ4v) is 2.84. The molecule has 1 N–H and O–H groups in total. The average molecular weight is 341 g/mol. The number of anilines is 1. The van der Waals surface area contributed by atoms with Crippen molar-refractivity contribution in [1.82, 2.24) is 5.43 Å². The Labute approximate surface area is 148 Å². The van der Waals surface area contributed by atoms with E-state index in [9.17, 15) is 4.79 Å². The number of aryl methyl sites for hydroxylation is 1. The summed E-state index contributed by atoms with van der Waals surface area (Å²) in [5.74, 6) is 0.665. The first kappa shape index (κ1) is 18.1. The predicted octanol–water partition coefficient (Wildman–Crippen LogP) is 3.69. The van der Waals surface area contributed by atoms with Gasteiger partial charge in [0.25, 0.3) is 0 Å². The molecule has 1 amide bonds. The van der Waals surface area contributed by atoms with Crippen LogP contribution in [0.3, 0.4) is 0 Å². The van der Waals surface area contributed by atoms with E-state index in [2.05, 4.69) is 41.7 Å². The first-order chi connectivity index (χ1) is 11.5. The maximum Gasteiger partial charge on any atom is 0.240 e. The zero-order chi connectivity index (χ0) is 17.4. The van der Waals surface area contributed by atoms with Crippen LogP contribution in [-0.4, -0.2) is 32.0 Å². The van der Waals surface area contributed by atoms with Crippen molar-refractivity contribution in [3.8, 4) is 0 Å². The molecule has 0 aliphatic heterocycles. The quantitative estimate of drug-likeness (QED) is 0.474. The minimum atomic E-state index is -0.0734. The second-order valence-corrected chi connectivity index (χ2v) is 6.86. The molecule has 126 valence electrons. The normalized spacial score (nSPS) is 10.8. The Morgan fingerprint density at radius 1 is 1.12 bits per heavy atom. The van der Waals surface area contributed by atoms with Crippen molar-refractivity contribution in [2.45, 2.75) is 18.2 Å². The zero-order valence-electron chi connectivity index (χ0n) is 14.3. The minimum absolute atomic E-state index is 0.0734. The summed E-state index contributed by atoms with van der Waals surface area (Å²) in [5.41, 5.74) is 5.89. The third-order valence-electron chi connectivity index (χ3n) is 3.43. The van der Waals surface area contributed by atoms with Crippen LogP contribution in [-0.2, 0) is 4.79 Å². The summed E-state index contributed by atoms with van der Waals surface area (Å²) >= 11 is 1.67. The number of thioether (sulfide) groups is 1. The molecule has 0 aliphatic carbocycles. The van der Waals surface area contributed by atoms with Crippen molar-refractivity contribution >= 4 is 29.6 Å². The van der Waals surface area contributed by atoms with Crippen LogP contribution in [0.2, 0.25) is 0 Å². The highest BCUT2D eigenvalue weighted by molar-refractivity contribution is 7.99. The molecule has 0 aromatic heterocycles. The monoisotopic (exact) mass is 341 g/mol. The van der Waals surface area contributed by atoms with E-state index < -0.39 is 0 Å². The second-order valence-electron chi connectivity index (χ2n) is 5.69. The summed E-state index contributed by atoms with van der Waals surface area (Å²) < 4.78 is 0. The van der Waals surface area contributed by atoms with Gasteiger partial charge >= 0.3 is 0 Å². The first-order valence-electron chi connectivity index (χ1n) is 7.83. The summed E-state index contributed by atoms with van der Waals surface area (Å²) in [6.45, 7) is 2.06. The van der Waals surface area contributed by atoms with Gasteiger partial charge in [0, 0.05) is 36.9 Å². The van der Waals surface area contributed by atoms with Crippen LogP contribution in [0.4, 0.5) is 5.69 Å². The third-order valence-corrected chi connectivity index (χ3v) is 4.44. The molecule has 0 heterocycles. The van der Waals surface area contributed by atoms with Crippen molar-refractivity contribution in [1.29, 1.82) is 0 Å². The number of carbonyl (C=O) groups is 1. The summed E-state index contributed by atoms with van der Waals surface area (Å²) in [6.07, 6.45) is 2.10. The fraction of sp³-hybridized carbons (Fsp3) is 0.263. The van der Waals surface area contributed by atoms with E-state index in [4.69, 9.17) is 0 Å². The molecule has 2 aromatic carbocycles. The van der Waals surface area contributed by atoms with Crippen molar-refractivity contribution in [2.75, 3.05) is 24.7 Å².